The smallest absolute Gasteiger partial charge is 0.244 e. The van der Waals surface area contributed by atoms with Crippen LogP contribution < -0.4 is 16.0 Å². The Hall–Kier alpha value is -2.96. The second-order valence-electron chi connectivity index (χ2n) is 7.70. The number of amides is 3. The Bertz CT molecular complexity index is 746. The van der Waals surface area contributed by atoms with Crippen LogP contribution >= 0.6 is 0 Å². The molecule has 7 nitrogen and oxygen atoms in total. The van der Waals surface area contributed by atoms with Gasteiger partial charge in [0.05, 0.1) is 6.04 Å². The van der Waals surface area contributed by atoms with Gasteiger partial charge in [0.1, 0.15) is 12.3 Å². The van der Waals surface area contributed by atoms with Crippen LogP contribution in [0.5, 0.6) is 0 Å². The fourth-order valence-corrected chi connectivity index (χ4v) is 3.27. The van der Waals surface area contributed by atoms with Crippen LogP contribution in [0.25, 0.3) is 6.08 Å². The van der Waals surface area contributed by atoms with Crippen molar-refractivity contribution in [1.29, 1.82) is 0 Å². The number of carbonyl (C=O) groups excluding carboxylic acids is 4. The highest BCUT2D eigenvalue weighted by molar-refractivity contribution is 5.96. The average molecular weight is 399 g/mol. The van der Waals surface area contributed by atoms with E-state index in [1.807, 2.05) is 44.2 Å². The fourth-order valence-electron chi connectivity index (χ4n) is 3.27. The number of carbonyl (C=O) groups is 4. The highest BCUT2D eigenvalue weighted by Crippen LogP contribution is 2.16. The van der Waals surface area contributed by atoms with E-state index in [4.69, 9.17) is 0 Å². The summed E-state index contributed by atoms with van der Waals surface area (Å²) in [5, 5.41) is 8.11. The molecule has 0 aliphatic carbocycles. The molecule has 1 heterocycles. The third-order valence-corrected chi connectivity index (χ3v) is 4.76. The quantitative estimate of drug-likeness (QED) is 0.409. The molecule has 2 rings (SSSR count). The highest BCUT2D eigenvalue weighted by atomic mass is 16.2. The summed E-state index contributed by atoms with van der Waals surface area (Å²) in [6.45, 7) is 4.49. The topological polar surface area (TPSA) is 104 Å². The van der Waals surface area contributed by atoms with Crippen molar-refractivity contribution in [3.05, 3.63) is 42.0 Å². The first kappa shape index (κ1) is 22.3. The Kier molecular flexibility index (Phi) is 8.58. The lowest BCUT2D eigenvalue weighted by Gasteiger charge is -2.22. The van der Waals surface area contributed by atoms with Gasteiger partial charge in [0.2, 0.25) is 17.7 Å². The zero-order valence-electron chi connectivity index (χ0n) is 16.9. The number of nitrogens with one attached hydrogen (secondary N) is 3. The molecule has 1 aliphatic heterocycles. The number of hydrogen-bond acceptors (Lipinski definition) is 4. The van der Waals surface area contributed by atoms with Crippen LogP contribution in [0, 0.1) is 11.8 Å². The molecule has 1 fully saturated rings. The Morgan fingerprint density at radius 2 is 1.93 bits per heavy atom. The third kappa shape index (κ3) is 7.52. The summed E-state index contributed by atoms with van der Waals surface area (Å²) in [4.78, 5) is 48.1. The maximum atomic E-state index is 12.7. The average Bonchev–Trinajstić information content (AvgIpc) is 3.10. The Morgan fingerprint density at radius 3 is 2.52 bits per heavy atom. The highest BCUT2D eigenvalue weighted by Gasteiger charge is 2.29. The zero-order valence-corrected chi connectivity index (χ0v) is 16.9. The molecule has 1 saturated heterocycles. The molecule has 1 aromatic carbocycles. The summed E-state index contributed by atoms with van der Waals surface area (Å²) in [6, 6.07) is 7.85. The summed E-state index contributed by atoms with van der Waals surface area (Å²) in [5.41, 5.74) is 0.878. The molecule has 0 bridgehead atoms. The Labute approximate surface area is 171 Å². The van der Waals surface area contributed by atoms with Gasteiger partial charge in [-0.15, -0.1) is 0 Å². The monoisotopic (exact) mass is 399 g/mol. The minimum atomic E-state index is -0.761. The molecular weight excluding hydrogens is 370 g/mol. The Morgan fingerprint density at radius 1 is 1.21 bits per heavy atom. The maximum Gasteiger partial charge on any atom is 0.244 e. The van der Waals surface area contributed by atoms with Gasteiger partial charge in [0.25, 0.3) is 0 Å². The van der Waals surface area contributed by atoms with Crippen LogP contribution in [-0.4, -0.2) is 42.6 Å². The number of rotatable bonds is 10. The van der Waals surface area contributed by atoms with Crippen LogP contribution in [-0.2, 0) is 19.2 Å². The van der Waals surface area contributed by atoms with Gasteiger partial charge in [-0.2, -0.15) is 0 Å². The first-order chi connectivity index (χ1) is 13.9. The predicted molar refractivity (Wildman–Crippen MR) is 111 cm³/mol. The molecule has 3 N–H and O–H groups in total. The summed E-state index contributed by atoms with van der Waals surface area (Å²) < 4.78 is 0. The van der Waals surface area contributed by atoms with Gasteiger partial charge in [-0.05, 0) is 36.8 Å². The third-order valence-electron chi connectivity index (χ3n) is 4.76. The first-order valence-electron chi connectivity index (χ1n) is 9.96. The summed E-state index contributed by atoms with van der Waals surface area (Å²) >= 11 is 0. The van der Waals surface area contributed by atoms with Crippen molar-refractivity contribution in [3.8, 4) is 0 Å². The van der Waals surface area contributed by atoms with Crippen LogP contribution in [0.3, 0.4) is 0 Å². The first-order valence-corrected chi connectivity index (χ1v) is 9.96. The van der Waals surface area contributed by atoms with Crippen molar-refractivity contribution >= 4 is 30.1 Å². The summed E-state index contributed by atoms with van der Waals surface area (Å²) in [7, 11) is 0. The van der Waals surface area contributed by atoms with E-state index in [-0.39, 0.29) is 30.1 Å². The van der Waals surface area contributed by atoms with E-state index < -0.39 is 18.0 Å². The van der Waals surface area contributed by atoms with E-state index in [2.05, 4.69) is 16.0 Å². The largest absolute Gasteiger partial charge is 0.356 e. The summed E-state index contributed by atoms with van der Waals surface area (Å²) in [6.07, 6.45) is 5.05. The number of hydrogen-bond donors (Lipinski definition) is 3. The van der Waals surface area contributed by atoms with Crippen molar-refractivity contribution in [2.24, 2.45) is 11.8 Å². The van der Waals surface area contributed by atoms with Crippen molar-refractivity contribution in [2.75, 3.05) is 6.54 Å². The molecule has 7 heteroatoms. The molecule has 3 atom stereocenters. The van der Waals surface area contributed by atoms with Crippen molar-refractivity contribution < 1.29 is 19.2 Å². The standard InChI is InChI=1S/C22H29N3O4/c1-15(2)12-19(25-20(27)9-8-16-6-4-3-5-7-16)22(29)24-18(14-26)13-17-10-11-23-21(17)28/h3-9,14-15,17-19H,10-13H2,1-2H3,(H,23,28)(H,24,29)(H,25,27)/b9-8+/t17-,18-,19-/m0/s1. The molecule has 0 radical (unpaired) electrons. The van der Waals surface area contributed by atoms with Crippen molar-refractivity contribution in [1.82, 2.24) is 16.0 Å². The van der Waals surface area contributed by atoms with E-state index in [0.29, 0.717) is 25.7 Å². The fraction of sp³-hybridized carbons (Fsp3) is 0.455. The van der Waals surface area contributed by atoms with Gasteiger partial charge in [-0.3, -0.25) is 14.4 Å². The molecule has 29 heavy (non-hydrogen) atoms. The SMILES string of the molecule is CC(C)C[C@H](NC(=O)/C=C/c1ccccc1)C(=O)N[C@H](C=O)C[C@@H]1CCNC1=O. The zero-order chi connectivity index (χ0) is 21.2. The molecule has 3 amide bonds. The molecule has 156 valence electrons. The second kappa shape index (κ2) is 11.1. The molecule has 0 saturated carbocycles. The van der Waals surface area contributed by atoms with Crippen LogP contribution in [0.15, 0.2) is 36.4 Å². The molecule has 1 aromatic rings. The minimum Gasteiger partial charge on any atom is -0.356 e. The Balaban J connectivity index is 1.96. The van der Waals surface area contributed by atoms with Crippen LogP contribution in [0.1, 0.15) is 38.7 Å². The van der Waals surface area contributed by atoms with E-state index in [1.165, 1.54) is 6.08 Å². The minimum absolute atomic E-state index is 0.0934. The van der Waals surface area contributed by atoms with Gasteiger partial charge < -0.3 is 20.7 Å². The molecule has 0 spiro atoms. The lowest BCUT2D eigenvalue weighted by molar-refractivity contribution is -0.129. The van der Waals surface area contributed by atoms with E-state index in [9.17, 15) is 19.2 Å². The molecule has 1 aliphatic rings. The van der Waals surface area contributed by atoms with E-state index in [1.54, 1.807) is 6.08 Å². The van der Waals surface area contributed by atoms with E-state index >= 15 is 0 Å². The second-order valence-corrected chi connectivity index (χ2v) is 7.70. The van der Waals surface area contributed by atoms with Gasteiger partial charge in [-0.25, -0.2) is 0 Å². The van der Waals surface area contributed by atoms with Crippen LogP contribution in [0.2, 0.25) is 0 Å². The summed E-state index contributed by atoms with van der Waals surface area (Å²) in [5.74, 6) is -1.01. The van der Waals surface area contributed by atoms with Crippen molar-refractivity contribution in [2.45, 2.75) is 45.2 Å². The molecule has 0 unspecified atom stereocenters. The van der Waals surface area contributed by atoms with Crippen molar-refractivity contribution in [3.63, 3.8) is 0 Å². The maximum absolute atomic E-state index is 12.7. The normalized spacial score (nSPS) is 18.3. The molecular formula is C22H29N3O4. The van der Waals surface area contributed by atoms with Gasteiger partial charge in [0.15, 0.2) is 0 Å². The van der Waals surface area contributed by atoms with E-state index in [0.717, 1.165) is 5.56 Å². The van der Waals surface area contributed by atoms with Crippen LogP contribution in [0.4, 0.5) is 0 Å². The number of aldehydes is 1. The molecule has 0 aromatic heterocycles. The lowest BCUT2D eigenvalue weighted by atomic mass is 9.98. The van der Waals surface area contributed by atoms with Gasteiger partial charge in [-0.1, -0.05) is 44.2 Å². The lowest BCUT2D eigenvalue weighted by Crippen LogP contribution is -2.50. The number of benzene rings is 1. The van der Waals surface area contributed by atoms with Gasteiger partial charge in [0, 0.05) is 18.5 Å². The van der Waals surface area contributed by atoms with Gasteiger partial charge >= 0.3 is 0 Å². The predicted octanol–water partition coefficient (Wildman–Crippen LogP) is 1.44.